The van der Waals surface area contributed by atoms with Crippen LogP contribution < -0.4 is 10.6 Å². The third-order valence-electron chi connectivity index (χ3n) is 4.29. The van der Waals surface area contributed by atoms with Crippen LogP contribution in [0.3, 0.4) is 0 Å². The second-order valence-corrected chi connectivity index (χ2v) is 6.04. The molecule has 0 saturated carbocycles. The minimum Gasteiger partial charge on any atom is -0.397 e. The molecule has 0 spiro atoms. The maximum Gasteiger partial charge on any atom is 0.178 e. The number of pyridine rings is 3. The lowest BCUT2D eigenvalue weighted by Crippen LogP contribution is -2.10. The molecule has 0 radical (unpaired) electrons. The van der Waals surface area contributed by atoms with E-state index in [1.165, 1.54) is 0 Å². The van der Waals surface area contributed by atoms with E-state index >= 15 is 0 Å². The van der Waals surface area contributed by atoms with Gasteiger partial charge >= 0.3 is 0 Å². The van der Waals surface area contributed by atoms with Crippen LogP contribution in [0.2, 0.25) is 0 Å². The average Bonchev–Trinajstić information content (AvgIpc) is 3.11. The van der Waals surface area contributed by atoms with Gasteiger partial charge in [-0.1, -0.05) is 6.92 Å². The Morgan fingerprint density at radius 2 is 1.92 bits per heavy atom. The van der Waals surface area contributed by atoms with Gasteiger partial charge in [0.2, 0.25) is 0 Å². The minimum atomic E-state index is 0.621. The largest absolute Gasteiger partial charge is 0.397 e. The predicted octanol–water partition coefficient (Wildman–Crippen LogP) is 3.33. The summed E-state index contributed by atoms with van der Waals surface area (Å²) in [6.45, 7) is 2.09. The number of aromatic nitrogens is 5. The zero-order valence-corrected chi connectivity index (χ0v) is 14.6. The van der Waals surface area contributed by atoms with E-state index < -0.39 is 0 Å². The number of nitrogens with one attached hydrogen (secondary N) is 1. The summed E-state index contributed by atoms with van der Waals surface area (Å²) in [6.07, 6.45) is 6.16. The van der Waals surface area contributed by atoms with Crippen LogP contribution in [0.4, 0.5) is 17.1 Å². The van der Waals surface area contributed by atoms with Crippen LogP contribution in [0.1, 0.15) is 12.6 Å². The van der Waals surface area contributed by atoms with Crippen LogP contribution in [-0.2, 0) is 6.42 Å². The van der Waals surface area contributed by atoms with E-state index in [0.29, 0.717) is 17.2 Å². The first kappa shape index (κ1) is 16.0. The highest BCUT2D eigenvalue weighted by Crippen LogP contribution is 2.26. The fraction of sp³-hybridized carbons (Fsp3) is 0.158. The Balaban J connectivity index is 1.69. The first-order valence-electron chi connectivity index (χ1n) is 8.40. The summed E-state index contributed by atoms with van der Waals surface area (Å²) in [4.78, 5) is 23.0. The van der Waals surface area contributed by atoms with E-state index in [4.69, 9.17) is 5.73 Å². The van der Waals surface area contributed by atoms with Gasteiger partial charge in [0, 0.05) is 24.6 Å². The summed E-state index contributed by atoms with van der Waals surface area (Å²) in [7, 11) is 2.01. The van der Waals surface area contributed by atoms with Crippen molar-refractivity contribution >= 4 is 28.2 Å². The Morgan fingerprint density at radius 1 is 1.04 bits per heavy atom. The van der Waals surface area contributed by atoms with Crippen LogP contribution in [-0.4, -0.2) is 32.0 Å². The van der Waals surface area contributed by atoms with E-state index in [0.717, 1.165) is 34.7 Å². The molecular formula is C19H19N7. The Bertz CT molecular complexity index is 1050. The average molecular weight is 345 g/mol. The number of nitrogen functional groups attached to an aromatic ring is 1. The number of aromatic amines is 1. The van der Waals surface area contributed by atoms with E-state index in [1.54, 1.807) is 12.3 Å². The molecule has 4 aromatic rings. The molecule has 0 atom stereocenters. The summed E-state index contributed by atoms with van der Waals surface area (Å²) in [5.41, 5.74) is 11.6. The molecule has 7 nitrogen and oxygen atoms in total. The zero-order valence-electron chi connectivity index (χ0n) is 14.6. The quantitative estimate of drug-likeness (QED) is 0.589. The molecule has 0 bridgehead atoms. The second-order valence-electron chi connectivity index (χ2n) is 6.04. The number of imidazole rings is 1. The number of H-pyrrole nitrogens is 1. The first-order valence-corrected chi connectivity index (χ1v) is 8.40. The molecule has 7 heteroatoms. The highest BCUT2D eigenvalue weighted by Gasteiger charge is 2.11. The van der Waals surface area contributed by atoms with Gasteiger partial charge < -0.3 is 15.6 Å². The lowest BCUT2D eigenvalue weighted by Gasteiger charge is -2.19. The maximum absolute atomic E-state index is 5.69. The summed E-state index contributed by atoms with van der Waals surface area (Å²) in [5, 5.41) is 0. The zero-order chi connectivity index (χ0) is 18.1. The van der Waals surface area contributed by atoms with Crippen LogP contribution in [0.5, 0.6) is 0 Å². The summed E-state index contributed by atoms with van der Waals surface area (Å²) in [5.74, 6) is 0.671. The maximum atomic E-state index is 5.69. The first-order chi connectivity index (χ1) is 12.6. The van der Waals surface area contributed by atoms with Gasteiger partial charge in [-0.15, -0.1) is 0 Å². The second kappa shape index (κ2) is 6.44. The lowest BCUT2D eigenvalue weighted by atomic mass is 10.2. The van der Waals surface area contributed by atoms with Crippen LogP contribution in [0.25, 0.3) is 22.7 Å². The molecule has 0 aliphatic heterocycles. The lowest BCUT2D eigenvalue weighted by molar-refractivity contribution is 1.03. The number of aryl methyl sites for hydroxylation is 1. The molecule has 4 heterocycles. The number of nitrogens with zero attached hydrogens (tertiary/aromatic N) is 5. The molecule has 0 aromatic carbocycles. The van der Waals surface area contributed by atoms with Crippen molar-refractivity contribution in [2.75, 3.05) is 17.7 Å². The van der Waals surface area contributed by atoms with E-state index in [1.807, 2.05) is 37.6 Å². The topological polar surface area (TPSA) is 96.6 Å². The summed E-state index contributed by atoms with van der Waals surface area (Å²) in [6, 6.07) is 9.74. The van der Waals surface area contributed by atoms with Crippen molar-refractivity contribution in [3.8, 4) is 11.5 Å². The fourth-order valence-corrected chi connectivity index (χ4v) is 2.76. The molecule has 0 aliphatic rings. The number of nitrogens with two attached hydrogens (primary N) is 1. The highest BCUT2D eigenvalue weighted by molar-refractivity contribution is 5.80. The third kappa shape index (κ3) is 2.95. The molecule has 0 amide bonds. The van der Waals surface area contributed by atoms with Crippen molar-refractivity contribution in [2.45, 2.75) is 13.3 Å². The molecule has 0 unspecified atom stereocenters. The number of hydrogen-bond acceptors (Lipinski definition) is 6. The standard InChI is InChI=1S/C19H19N7/c1-3-13-8-14(6-7-21-13)26(2)15-9-17-18(23-11-15)25-19(24-17)16-5-4-12(20)10-22-16/h4-11H,3,20H2,1-2H3,(H,23,24,25). The molecule has 26 heavy (non-hydrogen) atoms. The van der Waals surface area contributed by atoms with Crippen molar-refractivity contribution in [2.24, 2.45) is 0 Å². The number of hydrogen-bond donors (Lipinski definition) is 2. The molecule has 4 rings (SSSR count). The van der Waals surface area contributed by atoms with Gasteiger partial charge in [0.1, 0.15) is 5.69 Å². The predicted molar refractivity (Wildman–Crippen MR) is 103 cm³/mol. The molecule has 130 valence electrons. The van der Waals surface area contributed by atoms with Crippen molar-refractivity contribution in [1.82, 2.24) is 24.9 Å². The Hall–Kier alpha value is -3.48. The van der Waals surface area contributed by atoms with Gasteiger partial charge in [-0.2, -0.15) is 0 Å². The van der Waals surface area contributed by atoms with Crippen LogP contribution in [0.15, 0.2) is 48.9 Å². The molecular weight excluding hydrogens is 326 g/mol. The van der Waals surface area contributed by atoms with Gasteiger partial charge in [0.25, 0.3) is 0 Å². The van der Waals surface area contributed by atoms with E-state index in [9.17, 15) is 0 Å². The van der Waals surface area contributed by atoms with Crippen LogP contribution >= 0.6 is 0 Å². The minimum absolute atomic E-state index is 0.621. The Labute approximate surface area is 151 Å². The normalized spacial score (nSPS) is 11.0. The van der Waals surface area contributed by atoms with Gasteiger partial charge in [-0.25, -0.2) is 9.97 Å². The number of rotatable bonds is 4. The van der Waals surface area contributed by atoms with Gasteiger partial charge in [-0.3, -0.25) is 9.97 Å². The SMILES string of the molecule is CCc1cc(N(C)c2cnc3nc(-c4ccc(N)cn4)[nH]c3c2)ccn1. The smallest absolute Gasteiger partial charge is 0.178 e. The summed E-state index contributed by atoms with van der Waals surface area (Å²) < 4.78 is 0. The van der Waals surface area contributed by atoms with Gasteiger partial charge in [0.15, 0.2) is 11.5 Å². The molecule has 0 aliphatic carbocycles. The Morgan fingerprint density at radius 3 is 2.69 bits per heavy atom. The van der Waals surface area contributed by atoms with E-state index in [2.05, 4.69) is 42.8 Å². The third-order valence-corrected chi connectivity index (χ3v) is 4.29. The monoisotopic (exact) mass is 345 g/mol. The van der Waals surface area contributed by atoms with Crippen molar-refractivity contribution < 1.29 is 0 Å². The number of anilines is 3. The molecule has 4 aromatic heterocycles. The van der Waals surface area contributed by atoms with Crippen molar-refractivity contribution in [1.29, 1.82) is 0 Å². The molecule has 0 fully saturated rings. The highest BCUT2D eigenvalue weighted by atomic mass is 15.1. The fourth-order valence-electron chi connectivity index (χ4n) is 2.76. The van der Waals surface area contributed by atoms with Gasteiger partial charge in [-0.05, 0) is 36.8 Å². The summed E-state index contributed by atoms with van der Waals surface area (Å²) >= 11 is 0. The van der Waals surface area contributed by atoms with Crippen LogP contribution in [0, 0.1) is 0 Å². The molecule has 3 N–H and O–H groups in total. The van der Waals surface area contributed by atoms with Gasteiger partial charge in [0.05, 0.1) is 29.3 Å². The van der Waals surface area contributed by atoms with Crippen molar-refractivity contribution in [3.63, 3.8) is 0 Å². The van der Waals surface area contributed by atoms with Crippen molar-refractivity contribution in [3.05, 3.63) is 54.6 Å². The van der Waals surface area contributed by atoms with E-state index in [-0.39, 0.29) is 0 Å². The Kier molecular flexibility index (Phi) is 3.96. The number of fused-ring (bicyclic) bond motifs is 1. The molecule has 0 saturated heterocycles.